The maximum atomic E-state index is 11.6. The van der Waals surface area contributed by atoms with E-state index < -0.39 is 0 Å². The van der Waals surface area contributed by atoms with Gasteiger partial charge in [0.25, 0.3) is 0 Å². The van der Waals surface area contributed by atoms with Gasteiger partial charge in [-0.05, 0) is 13.3 Å². The van der Waals surface area contributed by atoms with E-state index in [-0.39, 0.29) is 6.03 Å². The van der Waals surface area contributed by atoms with Crippen LogP contribution in [0, 0.1) is 0 Å². The molecule has 0 bridgehead atoms. The van der Waals surface area contributed by atoms with Gasteiger partial charge in [-0.2, -0.15) is 0 Å². The van der Waals surface area contributed by atoms with Gasteiger partial charge >= 0.3 is 6.03 Å². The van der Waals surface area contributed by atoms with Crippen LogP contribution in [0.1, 0.15) is 20.3 Å². The van der Waals surface area contributed by atoms with Crippen LogP contribution in [-0.2, 0) is 0 Å². The number of amides is 2. The fourth-order valence-corrected chi connectivity index (χ4v) is 2.13. The van der Waals surface area contributed by atoms with Crippen LogP contribution in [0.25, 0.3) is 0 Å². The summed E-state index contributed by atoms with van der Waals surface area (Å²) >= 11 is 0. The standard InChI is InChI=1S/C11H24N4O/c1-3-10(9-12)14-5-7-15(8-6-14)11(16)13-4-2/h10H,3-9,12H2,1-2H3,(H,13,16). The first-order chi connectivity index (χ1) is 7.72. The van der Waals surface area contributed by atoms with E-state index in [1.165, 1.54) is 0 Å². The second-order valence-corrected chi connectivity index (χ2v) is 4.16. The lowest BCUT2D eigenvalue weighted by Crippen LogP contribution is -2.55. The Morgan fingerprint density at radius 3 is 2.38 bits per heavy atom. The van der Waals surface area contributed by atoms with E-state index >= 15 is 0 Å². The lowest BCUT2D eigenvalue weighted by molar-refractivity contribution is 0.109. The average Bonchev–Trinajstić information content (AvgIpc) is 2.32. The average molecular weight is 228 g/mol. The van der Waals surface area contributed by atoms with Gasteiger partial charge in [0.15, 0.2) is 0 Å². The van der Waals surface area contributed by atoms with E-state index in [4.69, 9.17) is 5.73 Å². The van der Waals surface area contributed by atoms with Crippen LogP contribution in [-0.4, -0.2) is 61.1 Å². The first kappa shape index (κ1) is 13.3. The number of piperazine rings is 1. The number of urea groups is 1. The predicted molar refractivity (Wildman–Crippen MR) is 65.4 cm³/mol. The molecule has 0 spiro atoms. The number of rotatable bonds is 4. The molecule has 0 saturated carbocycles. The van der Waals surface area contributed by atoms with Crippen molar-refractivity contribution in [2.24, 2.45) is 5.73 Å². The van der Waals surface area contributed by atoms with Crippen LogP contribution in [0.4, 0.5) is 4.79 Å². The van der Waals surface area contributed by atoms with E-state index in [0.29, 0.717) is 19.1 Å². The summed E-state index contributed by atoms with van der Waals surface area (Å²) in [5.41, 5.74) is 5.72. The highest BCUT2D eigenvalue weighted by Crippen LogP contribution is 2.08. The lowest BCUT2D eigenvalue weighted by Gasteiger charge is -2.38. The Kier molecular flexibility index (Phi) is 5.55. The highest BCUT2D eigenvalue weighted by molar-refractivity contribution is 5.74. The Hall–Kier alpha value is -0.810. The summed E-state index contributed by atoms with van der Waals surface area (Å²) in [6.45, 7) is 8.99. The molecular weight excluding hydrogens is 204 g/mol. The summed E-state index contributed by atoms with van der Waals surface area (Å²) in [7, 11) is 0. The molecule has 1 heterocycles. The Balaban J connectivity index is 2.35. The molecular formula is C11H24N4O. The van der Waals surface area contributed by atoms with Gasteiger partial charge in [0.1, 0.15) is 0 Å². The molecule has 0 aliphatic carbocycles. The largest absolute Gasteiger partial charge is 0.338 e. The quantitative estimate of drug-likeness (QED) is 0.716. The zero-order valence-electron chi connectivity index (χ0n) is 10.4. The third-order valence-corrected chi connectivity index (χ3v) is 3.19. The molecule has 1 saturated heterocycles. The minimum absolute atomic E-state index is 0.0583. The van der Waals surface area contributed by atoms with Crippen LogP contribution >= 0.6 is 0 Å². The van der Waals surface area contributed by atoms with E-state index in [2.05, 4.69) is 17.1 Å². The first-order valence-electron chi connectivity index (χ1n) is 6.19. The van der Waals surface area contributed by atoms with Crippen LogP contribution in [0.15, 0.2) is 0 Å². The van der Waals surface area contributed by atoms with E-state index in [1.807, 2.05) is 11.8 Å². The maximum absolute atomic E-state index is 11.6. The summed E-state index contributed by atoms with van der Waals surface area (Å²) in [4.78, 5) is 15.8. The smallest absolute Gasteiger partial charge is 0.317 e. The minimum Gasteiger partial charge on any atom is -0.338 e. The number of nitrogens with one attached hydrogen (secondary N) is 1. The minimum atomic E-state index is 0.0583. The number of nitrogens with zero attached hydrogens (tertiary/aromatic N) is 2. The Labute approximate surface area is 98.0 Å². The molecule has 2 amide bonds. The van der Waals surface area contributed by atoms with Gasteiger partial charge in [-0.3, -0.25) is 4.90 Å². The van der Waals surface area contributed by atoms with Crippen molar-refractivity contribution in [3.05, 3.63) is 0 Å². The van der Waals surface area contributed by atoms with Crippen molar-refractivity contribution in [1.29, 1.82) is 0 Å². The van der Waals surface area contributed by atoms with Crippen molar-refractivity contribution >= 4 is 6.03 Å². The summed E-state index contributed by atoms with van der Waals surface area (Å²) < 4.78 is 0. The van der Waals surface area contributed by atoms with Crippen LogP contribution in [0.5, 0.6) is 0 Å². The molecule has 16 heavy (non-hydrogen) atoms. The molecule has 1 unspecified atom stereocenters. The molecule has 0 radical (unpaired) electrons. The predicted octanol–water partition coefficient (Wildman–Crippen LogP) is 0.0708. The Bertz CT molecular complexity index is 210. The van der Waals surface area contributed by atoms with E-state index in [1.54, 1.807) is 0 Å². The van der Waals surface area contributed by atoms with Crippen LogP contribution < -0.4 is 11.1 Å². The Morgan fingerprint density at radius 2 is 1.94 bits per heavy atom. The second kappa shape index (κ2) is 6.70. The monoisotopic (exact) mass is 228 g/mol. The summed E-state index contributed by atoms with van der Waals surface area (Å²) in [6.07, 6.45) is 1.08. The Morgan fingerprint density at radius 1 is 1.31 bits per heavy atom. The van der Waals surface area contributed by atoms with Gasteiger partial charge < -0.3 is 16.0 Å². The number of carbonyl (C=O) groups excluding carboxylic acids is 1. The zero-order chi connectivity index (χ0) is 12.0. The lowest BCUT2D eigenvalue weighted by atomic mass is 10.1. The van der Waals surface area contributed by atoms with Crippen molar-refractivity contribution in [3.63, 3.8) is 0 Å². The van der Waals surface area contributed by atoms with Gasteiger partial charge in [-0.25, -0.2) is 4.79 Å². The summed E-state index contributed by atoms with van der Waals surface area (Å²) in [6, 6.07) is 0.527. The second-order valence-electron chi connectivity index (χ2n) is 4.16. The highest BCUT2D eigenvalue weighted by Gasteiger charge is 2.23. The van der Waals surface area contributed by atoms with Crippen molar-refractivity contribution in [1.82, 2.24) is 15.1 Å². The molecule has 1 rings (SSSR count). The molecule has 1 atom stereocenters. The summed E-state index contributed by atoms with van der Waals surface area (Å²) in [5.74, 6) is 0. The number of nitrogens with two attached hydrogens (primary N) is 1. The van der Waals surface area contributed by atoms with Crippen LogP contribution in [0.2, 0.25) is 0 Å². The van der Waals surface area contributed by atoms with Gasteiger partial charge in [0, 0.05) is 45.3 Å². The fraction of sp³-hybridized carbons (Fsp3) is 0.909. The molecule has 1 aliphatic heterocycles. The van der Waals surface area contributed by atoms with Gasteiger partial charge in [-0.15, -0.1) is 0 Å². The SMILES string of the molecule is CCNC(=O)N1CCN(C(CC)CN)CC1. The zero-order valence-corrected chi connectivity index (χ0v) is 10.4. The molecule has 0 aromatic heterocycles. The maximum Gasteiger partial charge on any atom is 0.317 e. The molecule has 0 aromatic rings. The van der Waals surface area contributed by atoms with Gasteiger partial charge in [-0.1, -0.05) is 6.92 Å². The number of hydrogen-bond donors (Lipinski definition) is 2. The summed E-state index contributed by atoms with van der Waals surface area (Å²) in [5, 5.41) is 2.83. The topological polar surface area (TPSA) is 61.6 Å². The van der Waals surface area contributed by atoms with Crippen LogP contribution in [0.3, 0.4) is 0 Å². The van der Waals surface area contributed by atoms with Crippen molar-refractivity contribution < 1.29 is 4.79 Å². The molecule has 94 valence electrons. The van der Waals surface area contributed by atoms with Gasteiger partial charge in [0.2, 0.25) is 0 Å². The third-order valence-electron chi connectivity index (χ3n) is 3.19. The third kappa shape index (κ3) is 3.35. The first-order valence-corrected chi connectivity index (χ1v) is 6.19. The molecule has 5 nitrogen and oxygen atoms in total. The number of carbonyl (C=O) groups is 1. The van der Waals surface area contributed by atoms with Crippen molar-refractivity contribution in [3.8, 4) is 0 Å². The number of hydrogen-bond acceptors (Lipinski definition) is 3. The van der Waals surface area contributed by atoms with E-state index in [0.717, 1.165) is 32.6 Å². The van der Waals surface area contributed by atoms with E-state index in [9.17, 15) is 4.79 Å². The highest BCUT2D eigenvalue weighted by atomic mass is 16.2. The van der Waals surface area contributed by atoms with Crippen molar-refractivity contribution in [2.45, 2.75) is 26.3 Å². The fourth-order valence-electron chi connectivity index (χ4n) is 2.13. The van der Waals surface area contributed by atoms with Crippen molar-refractivity contribution in [2.75, 3.05) is 39.3 Å². The molecule has 3 N–H and O–H groups in total. The molecule has 1 fully saturated rings. The molecule has 5 heteroatoms. The normalized spacial score (nSPS) is 19.6. The molecule has 1 aliphatic rings. The molecule has 0 aromatic carbocycles. The van der Waals surface area contributed by atoms with Gasteiger partial charge in [0.05, 0.1) is 0 Å².